The lowest BCUT2D eigenvalue weighted by atomic mass is 9.84. The Morgan fingerprint density at radius 3 is 2.62 bits per heavy atom. The van der Waals surface area contributed by atoms with Gasteiger partial charge in [-0.25, -0.2) is 0 Å². The molecule has 1 aliphatic carbocycles. The molecule has 1 saturated carbocycles. The summed E-state index contributed by atoms with van der Waals surface area (Å²) in [6.45, 7) is -0.0764. The summed E-state index contributed by atoms with van der Waals surface area (Å²) in [5.74, 6) is 1.04. The Balaban J connectivity index is 1.91. The summed E-state index contributed by atoms with van der Waals surface area (Å²) in [5.41, 5.74) is 0.681. The van der Waals surface area contributed by atoms with Gasteiger partial charge in [-0.05, 0) is 49.8 Å². The lowest BCUT2D eigenvalue weighted by molar-refractivity contribution is -0.0505. The molecule has 2 nitrogen and oxygen atoms in total. The predicted octanol–water partition coefficient (Wildman–Crippen LogP) is 5.00. The van der Waals surface area contributed by atoms with Crippen LogP contribution in [0.2, 0.25) is 5.02 Å². The predicted molar refractivity (Wildman–Crippen MR) is 81.0 cm³/mol. The molecular formula is C16H22ClF2NO. The van der Waals surface area contributed by atoms with E-state index in [2.05, 4.69) is 17.0 Å². The van der Waals surface area contributed by atoms with Gasteiger partial charge in [0.25, 0.3) is 0 Å². The van der Waals surface area contributed by atoms with Gasteiger partial charge < -0.3 is 10.1 Å². The molecule has 0 heterocycles. The molecule has 0 saturated heterocycles. The number of hydrogen-bond acceptors (Lipinski definition) is 2. The zero-order valence-electron chi connectivity index (χ0n) is 12.2. The Morgan fingerprint density at radius 2 is 2.00 bits per heavy atom. The number of halogens is 3. The number of alkyl halides is 2. The highest BCUT2D eigenvalue weighted by atomic mass is 35.5. The van der Waals surface area contributed by atoms with Crippen molar-refractivity contribution in [1.29, 1.82) is 0 Å². The second-order valence-corrected chi connectivity index (χ2v) is 6.07. The molecule has 0 amide bonds. The van der Waals surface area contributed by atoms with Gasteiger partial charge in [-0.15, -0.1) is 0 Å². The highest BCUT2D eigenvalue weighted by Crippen LogP contribution is 2.28. The van der Waals surface area contributed by atoms with E-state index in [4.69, 9.17) is 11.6 Å². The summed E-state index contributed by atoms with van der Waals surface area (Å²) in [6, 6.07) is 5.20. The molecule has 118 valence electrons. The van der Waals surface area contributed by atoms with Gasteiger partial charge in [-0.3, -0.25) is 0 Å². The van der Waals surface area contributed by atoms with Crippen molar-refractivity contribution in [3.8, 4) is 5.75 Å². The van der Waals surface area contributed by atoms with E-state index in [-0.39, 0.29) is 5.75 Å². The fourth-order valence-electron chi connectivity index (χ4n) is 2.93. The maximum Gasteiger partial charge on any atom is 0.387 e. The lowest BCUT2D eigenvalue weighted by Crippen LogP contribution is -2.32. The molecule has 1 N–H and O–H groups in total. The minimum atomic E-state index is -2.81. The van der Waals surface area contributed by atoms with Crippen molar-refractivity contribution in [3.63, 3.8) is 0 Å². The van der Waals surface area contributed by atoms with Crippen LogP contribution in [0.5, 0.6) is 5.75 Å². The first-order chi connectivity index (χ1) is 10.1. The summed E-state index contributed by atoms with van der Waals surface area (Å²) >= 11 is 5.94. The SMILES string of the molecule is CCC1CCC(NCc2cc(Cl)ccc2OC(F)F)CC1. The Morgan fingerprint density at radius 1 is 1.29 bits per heavy atom. The van der Waals surface area contributed by atoms with Crippen molar-refractivity contribution in [2.75, 3.05) is 0 Å². The minimum Gasteiger partial charge on any atom is -0.434 e. The van der Waals surface area contributed by atoms with Crippen LogP contribution in [0.4, 0.5) is 8.78 Å². The number of rotatable bonds is 6. The number of hydrogen-bond donors (Lipinski definition) is 1. The van der Waals surface area contributed by atoms with E-state index in [1.54, 1.807) is 12.1 Å². The molecule has 0 bridgehead atoms. The van der Waals surface area contributed by atoms with Gasteiger partial charge in [0.1, 0.15) is 5.75 Å². The Hall–Kier alpha value is -0.870. The van der Waals surface area contributed by atoms with E-state index in [9.17, 15) is 8.78 Å². The van der Waals surface area contributed by atoms with Crippen LogP contribution in [0.25, 0.3) is 0 Å². The zero-order chi connectivity index (χ0) is 15.2. The Kier molecular flexibility index (Phi) is 6.24. The van der Waals surface area contributed by atoms with E-state index in [0.717, 1.165) is 18.8 Å². The molecule has 5 heteroatoms. The second kappa shape index (κ2) is 7.95. The maximum absolute atomic E-state index is 12.4. The van der Waals surface area contributed by atoms with Crippen LogP contribution in [-0.4, -0.2) is 12.7 Å². The standard InChI is InChI=1S/C16H22ClF2NO/c1-2-11-3-6-14(7-4-11)20-10-12-9-13(17)5-8-15(12)21-16(18)19/h5,8-9,11,14,16,20H,2-4,6-7,10H2,1H3. The van der Waals surface area contributed by atoms with E-state index in [1.165, 1.54) is 25.3 Å². The van der Waals surface area contributed by atoms with Crippen LogP contribution in [0.1, 0.15) is 44.6 Å². The van der Waals surface area contributed by atoms with Gasteiger partial charge in [0.15, 0.2) is 0 Å². The van der Waals surface area contributed by atoms with Crippen molar-refractivity contribution in [1.82, 2.24) is 5.32 Å². The van der Waals surface area contributed by atoms with Gasteiger partial charge in [0.05, 0.1) is 0 Å². The van der Waals surface area contributed by atoms with E-state index in [0.29, 0.717) is 23.2 Å². The molecule has 2 rings (SSSR count). The third kappa shape index (κ3) is 5.11. The molecule has 0 unspecified atom stereocenters. The van der Waals surface area contributed by atoms with Gasteiger partial charge in [-0.1, -0.05) is 24.9 Å². The molecule has 0 radical (unpaired) electrons. The van der Waals surface area contributed by atoms with Gasteiger partial charge in [-0.2, -0.15) is 8.78 Å². The smallest absolute Gasteiger partial charge is 0.387 e. The quantitative estimate of drug-likeness (QED) is 0.797. The number of nitrogens with one attached hydrogen (secondary N) is 1. The Labute approximate surface area is 129 Å². The first kappa shape index (κ1) is 16.5. The first-order valence-electron chi connectivity index (χ1n) is 7.55. The number of ether oxygens (including phenoxy) is 1. The summed E-state index contributed by atoms with van der Waals surface area (Å²) < 4.78 is 29.3. The zero-order valence-corrected chi connectivity index (χ0v) is 13.0. The average molecular weight is 318 g/mol. The van der Waals surface area contributed by atoms with Crippen LogP contribution in [0.15, 0.2) is 18.2 Å². The first-order valence-corrected chi connectivity index (χ1v) is 7.93. The molecule has 1 aromatic carbocycles. The fraction of sp³-hybridized carbons (Fsp3) is 0.625. The van der Waals surface area contributed by atoms with E-state index in [1.807, 2.05) is 0 Å². The molecule has 0 atom stereocenters. The normalized spacial score (nSPS) is 22.5. The molecule has 21 heavy (non-hydrogen) atoms. The number of benzene rings is 1. The molecular weight excluding hydrogens is 296 g/mol. The third-order valence-electron chi connectivity index (χ3n) is 4.24. The van der Waals surface area contributed by atoms with E-state index >= 15 is 0 Å². The van der Waals surface area contributed by atoms with Crippen molar-refractivity contribution in [3.05, 3.63) is 28.8 Å². The molecule has 0 spiro atoms. The van der Waals surface area contributed by atoms with E-state index < -0.39 is 6.61 Å². The van der Waals surface area contributed by atoms with Crippen molar-refractivity contribution in [2.45, 2.75) is 58.2 Å². The topological polar surface area (TPSA) is 21.3 Å². The third-order valence-corrected chi connectivity index (χ3v) is 4.48. The summed E-state index contributed by atoms with van der Waals surface area (Å²) in [5, 5.41) is 3.97. The average Bonchev–Trinajstić information content (AvgIpc) is 2.47. The summed E-state index contributed by atoms with van der Waals surface area (Å²) in [7, 11) is 0. The Bertz CT molecular complexity index is 448. The fourth-order valence-corrected chi connectivity index (χ4v) is 3.12. The van der Waals surface area contributed by atoms with Gasteiger partial charge >= 0.3 is 6.61 Å². The van der Waals surface area contributed by atoms with Crippen LogP contribution >= 0.6 is 11.6 Å². The molecule has 0 aromatic heterocycles. The molecule has 0 aliphatic heterocycles. The van der Waals surface area contributed by atoms with Gasteiger partial charge in [0, 0.05) is 23.2 Å². The van der Waals surface area contributed by atoms with Crippen LogP contribution in [0, 0.1) is 5.92 Å². The molecule has 1 aliphatic rings. The highest BCUT2D eigenvalue weighted by Gasteiger charge is 2.20. The maximum atomic E-state index is 12.4. The second-order valence-electron chi connectivity index (χ2n) is 5.64. The van der Waals surface area contributed by atoms with Crippen molar-refractivity contribution < 1.29 is 13.5 Å². The lowest BCUT2D eigenvalue weighted by Gasteiger charge is -2.28. The minimum absolute atomic E-state index is 0.198. The highest BCUT2D eigenvalue weighted by molar-refractivity contribution is 6.30. The van der Waals surface area contributed by atoms with Crippen molar-refractivity contribution >= 4 is 11.6 Å². The van der Waals surface area contributed by atoms with Crippen molar-refractivity contribution in [2.24, 2.45) is 5.92 Å². The molecule has 1 aromatic rings. The summed E-state index contributed by atoms with van der Waals surface area (Å²) in [4.78, 5) is 0. The summed E-state index contributed by atoms with van der Waals surface area (Å²) in [6.07, 6.45) is 6.01. The van der Waals surface area contributed by atoms with Crippen LogP contribution in [-0.2, 0) is 6.54 Å². The largest absolute Gasteiger partial charge is 0.434 e. The van der Waals surface area contributed by atoms with Crippen LogP contribution in [0.3, 0.4) is 0 Å². The van der Waals surface area contributed by atoms with Gasteiger partial charge in [0.2, 0.25) is 0 Å². The monoisotopic (exact) mass is 317 g/mol. The van der Waals surface area contributed by atoms with Crippen LogP contribution < -0.4 is 10.1 Å². The molecule has 1 fully saturated rings.